The maximum absolute atomic E-state index is 3.54. The zero-order valence-electron chi connectivity index (χ0n) is 12.5. The van der Waals surface area contributed by atoms with Crippen LogP contribution in [0.1, 0.15) is 40.0 Å². The van der Waals surface area contributed by atoms with Gasteiger partial charge in [0.25, 0.3) is 0 Å². The maximum atomic E-state index is 3.54. The molecule has 2 atom stereocenters. The average Bonchev–Trinajstić information content (AvgIpc) is 2.38. The van der Waals surface area contributed by atoms with Crippen molar-refractivity contribution >= 4 is 0 Å². The molecule has 0 radical (unpaired) electrons. The van der Waals surface area contributed by atoms with E-state index in [1.165, 1.54) is 45.4 Å². The van der Waals surface area contributed by atoms with Crippen molar-refractivity contribution in [2.24, 2.45) is 5.92 Å². The van der Waals surface area contributed by atoms with Crippen LogP contribution in [0.15, 0.2) is 0 Å². The Bertz CT molecular complexity index is 242. The molecular weight excluding hydrogens is 222 g/mol. The van der Waals surface area contributed by atoms with Crippen LogP contribution in [0.25, 0.3) is 0 Å². The molecule has 2 unspecified atom stereocenters. The third-order valence-corrected chi connectivity index (χ3v) is 4.71. The molecule has 3 nitrogen and oxygen atoms in total. The van der Waals surface area contributed by atoms with E-state index in [0.29, 0.717) is 6.04 Å². The molecule has 2 heterocycles. The molecule has 0 amide bonds. The summed E-state index contributed by atoms with van der Waals surface area (Å²) >= 11 is 0. The van der Waals surface area contributed by atoms with Crippen molar-refractivity contribution in [3.63, 3.8) is 0 Å². The van der Waals surface area contributed by atoms with Gasteiger partial charge >= 0.3 is 0 Å². The molecule has 0 aliphatic carbocycles. The van der Waals surface area contributed by atoms with Crippen molar-refractivity contribution in [3.05, 3.63) is 0 Å². The third-order valence-electron chi connectivity index (χ3n) is 4.71. The van der Waals surface area contributed by atoms with Crippen molar-refractivity contribution in [3.8, 4) is 0 Å². The molecular formula is C15H31N3. The molecule has 0 aromatic heterocycles. The fourth-order valence-electron chi connectivity index (χ4n) is 3.56. The molecule has 3 heteroatoms. The summed E-state index contributed by atoms with van der Waals surface area (Å²) < 4.78 is 0. The number of nitrogens with zero attached hydrogens (tertiary/aromatic N) is 2. The second-order valence-electron chi connectivity index (χ2n) is 6.30. The molecule has 2 rings (SSSR count). The molecule has 0 bridgehead atoms. The minimum Gasteiger partial charge on any atom is -0.315 e. The van der Waals surface area contributed by atoms with Crippen molar-refractivity contribution in [2.45, 2.75) is 52.1 Å². The first-order valence-electron chi connectivity index (χ1n) is 7.91. The summed E-state index contributed by atoms with van der Waals surface area (Å²) in [7, 11) is 0. The summed E-state index contributed by atoms with van der Waals surface area (Å²) in [6.45, 7) is 14.4. The van der Waals surface area contributed by atoms with Crippen molar-refractivity contribution in [1.82, 2.24) is 15.1 Å². The molecule has 2 aliphatic heterocycles. The lowest BCUT2D eigenvalue weighted by Crippen LogP contribution is -2.59. The highest BCUT2D eigenvalue weighted by molar-refractivity contribution is 4.89. The van der Waals surface area contributed by atoms with E-state index < -0.39 is 0 Å². The number of piperazine rings is 1. The molecule has 0 aromatic rings. The Hall–Kier alpha value is -0.120. The fraction of sp³-hybridized carbons (Fsp3) is 1.00. The molecule has 0 saturated carbocycles. The molecule has 2 saturated heterocycles. The number of piperidine rings is 1. The summed E-state index contributed by atoms with van der Waals surface area (Å²) in [5.74, 6) is 0.749. The number of hydrogen-bond donors (Lipinski definition) is 1. The highest BCUT2D eigenvalue weighted by Gasteiger charge is 2.32. The predicted molar refractivity (Wildman–Crippen MR) is 78.0 cm³/mol. The van der Waals surface area contributed by atoms with E-state index in [2.05, 4.69) is 35.9 Å². The van der Waals surface area contributed by atoms with Gasteiger partial charge in [-0.05, 0) is 31.8 Å². The summed E-state index contributed by atoms with van der Waals surface area (Å²) in [5.41, 5.74) is 0. The van der Waals surface area contributed by atoms with Gasteiger partial charge in [-0.3, -0.25) is 9.80 Å². The molecule has 1 N–H and O–H groups in total. The van der Waals surface area contributed by atoms with Crippen molar-refractivity contribution in [1.29, 1.82) is 0 Å². The lowest BCUT2D eigenvalue weighted by molar-refractivity contribution is 0.0165. The second kappa shape index (κ2) is 6.88. The Balaban J connectivity index is 1.90. The Morgan fingerprint density at radius 2 is 2.00 bits per heavy atom. The Morgan fingerprint density at radius 1 is 1.17 bits per heavy atom. The first-order valence-corrected chi connectivity index (χ1v) is 7.91. The van der Waals surface area contributed by atoms with Gasteiger partial charge in [-0.25, -0.2) is 0 Å². The number of likely N-dealkylation sites (N-methyl/N-ethyl adjacent to an activating group) is 1. The zero-order valence-corrected chi connectivity index (χ0v) is 12.5. The van der Waals surface area contributed by atoms with Crippen LogP contribution in [0.5, 0.6) is 0 Å². The lowest BCUT2D eigenvalue weighted by Gasteiger charge is -2.47. The van der Waals surface area contributed by atoms with Crippen LogP contribution in [-0.2, 0) is 0 Å². The fourth-order valence-corrected chi connectivity index (χ4v) is 3.56. The van der Waals surface area contributed by atoms with Gasteiger partial charge in [0, 0.05) is 38.3 Å². The smallest absolute Gasteiger partial charge is 0.0244 e. The summed E-state index contributed by atoms with van der Waals surface area (Å²) in [5, 5.41) is 3.54. The Kier molecular flexibility index (Phi) is 5.46. The van der Waals surface area contributed by atoms with Gasteiger partial charge in [0.1, 0.15) is 0 Å². The van der Waals surface area contributed by atoms with Crippen LogP contribution in [-0.4, -0.2) is 61.2 Å². The largest absolute Gasteiger partial charge is 0.315 e. The molecule has 2 aliphatic rings. The molecule has 0 spiro atoms. The normalized spacial score (nSPS) is 28.3. The minimum atomic E-state index is 0.717. The number of fused-ring (bicyclic) bond motifs is 1. The number of nitrogens with one attached hydrogen (secondary N) is 1. The SMILES string of the molecule is CCNCC(C(C)C)N1CCN2CCCCC2C1. The van der Waals surface area contributed by atoms with Gasteiger partial charge in [0.05, 0.1) is 0 Å². The van der Waals surface area contributed by atoms with Crippen LogP contribution in [0, 0.1) is 5.92 Å². The van der Waals surface area contributed by atoms with Gasteiger partial charge in [-0.1, -0.05) is 27.2 Å². The average molecular weight is 253 g/mol. The van der Waals surface area contributed by atoms with E-state index in [1.54, 1.807) is 0 Å². The standard InChI is InChI=1S/C15H31N3/c1-4-16-11-15(13(2)3)18-10-9-17-8-6-5-7-14(17)12-18/h13-16H,4-12H2,1-3H3. The van der Waals surface area contributed by atoms with Gasteiger partial charge in [0.2, 0.25) is 0 Å². The third kappa shape index (κ3) is 3.46. The summed E-state index contributed by atoms with van der Waals surface area (Å²) in [4.78, 5) is 5.48. The van der Waals surface area contributed by atoms with Gasteiger partial charge in [-0.2, -0.15) is 0 Å². The summed E-state index contributed by atoms with van der Waals surface area (Å²) in [6.07, 6.45) is 4.28. The van der Waals surface area contributed by atoms with Crippen molar-refractivity contribution in [2.75, 3.05) is 39.3 Å². The predicted octanol–water partition coefficient (Wildman–Crippen LogP) is 1.79. The maximum Gasteiger partial charge on any atom is 0.0244 e. The van der Waals surface area contributed by atoms with Crippen molar-refractivity contribution < 1.29 is 0 Å². The Labute approximate surface area is 113 Å². The van der Waals surface area contributed by atoms with E-state index in [0.717, 1.165) is 25.0 Å². The van der Waals surface area contributed by atoms with E-state index >= 15 is 0 Å². The van der Waals surface area contributed by atoms with Gasteiger partial charge in [-0.15, -0.1) is 0 Å². The number of rotatable bonds is 5. The lowest BCUT2D eigenvalue weighted by atomic mass is 9.95. The number of hydrogen-bond acceptors (Lipinski definition) is 3. The van der Waals surface area contributed by atoms with Crippen LogP contribution in [0.2, 0.25) is 0 Å². The monoisotopic (exact) mass is 253 g/mol. The quantitative estimate of drug-likeness (QED) is 0.806. The molecule has 2 fully saturated rings. The highest BCUT2D eigenvalue weighted by Crippen LogP contribution is 2.23. The second-order valence-corrected chi connectivity index (χ2v) is 6.30. The van der Waals surface area contributed by atoms with Crippen LogP contribution >= 0.6 is 0 Å². The topological polar surface area (TPSA) is 18.5 Å². The highest BCUT2D eigenvalue weighted by atomic mass is 15.3. The minimum absolute atomic E-state index is 0.717. The summed E-state index contributed by atoms with van der Waals surface area (Å²) in [6, 6.07) is 1.56. The first kappa shape index (κ1) is 14.3. The Morgan fingerprint density at radius 3 is 2.72 bits per heavy atom. The van der Waals surface area contributed by atoms with E-state index in [-0.39, 0.29) is 0 Å². The molecule has 0 aromatic carbocycles. The first-order chi connectivity index (χ1) is 8.72. The van der Waals surface area contributed by atoms with E-state index in [1.807, 2.05) is 0 Å². The van der Waals surface area contributed by atoms with Crippen LogP contribution in [0.4, 0.5) is 0 Å². The molecule has 106 valence electrons. The van der Waals surface area contributed by atoms with Crippen LogP contribution in [0.3, 0.4) is 0 Å². The van der Waals surface area contributed by atoms with Gasteiger partial charge in [0.15, 0.2) is 0 Å². The van der Waals surface area contributed by atoms with Gasteiger partial charge < -0.3 is 5.32 Å². The van der Waals surface area contributed by atoms with E-state index in [9.17, 15) is 0 Å². The van der Waals surface area contributed by atoms with E-state index in [4.69, 9.17) is 0 Å². The zero-order chi connectivity index (χ0) is 13.0. The van der Waals surface area contributed by atoms with Crippen LogP contribution < -0.4 is 5.32 Å². The molecule has 18 heavy (non-hydrogen) atoms.